The molecule has 0 atom stereocenters. The first-order chi connectivity index (χ1) is 10.1. The molecule has 6 nitrogen and oxygen atoms in total. The molecule has 0 fully saturated rings. The van der Waals surface area contributed by atoms with Crippen molar-refractivity contribution in [1.29, 1.82) is 0 Å². The van der Waals surface area contributed by atoms with E-state index in [0.717, 1.165) is 11.7 Å². The van der Waals surface area contributed by atoms with Crippen LogP contribution in [-0.2, 0) is 10.1 Å². The topological polar surface area (TPSA) is 78.4 Å². The Hall–Kier alpha value is -2.19. The predicted molar refractivity (Wildman–Crippen MR) is 78.2 cm³/mol. The molecule has 0 radical (unpaired) electrons. The first-order valence-corrected chi connectivity index (χ1v) is 8.04. The Morgan fingerprint density at radius 1 is 1.05 bits per heavy atom. The highest BCUT2D eigenvalue weighted by molar-refractivity contribution is 7.87. The summed E-state index contributed by atoms with van der Waals surface area (Å²) in [4.78, 5) is -0.00318. The van der Waals surface area contributed by atoms with Crippen molar-refractivity contribution in [3.8, 4) is 11.5 Å². The summed E-state index contributed by atoms with van der Waals surface area (Å²) >= 11 is 0.956. The minimum absolute atomic E-state index is 0.00318. The molecule has 0 saturated carbocycles. The first-order valence-electron chi connectivity index (χ1n) is 5.90. The summed E-state index contributed by atoms with van der Waals surface area (Å²) in [5.74, 6) is 0.686. The van der Waals surface area contributed by atoms with Gasteiger partial charge in [-0.2, -0.15) is 17.2 Å². The van der Waals surface area contributed by atoms with E-state index in [1.165, 1.54) is 19.2 Å². The molecule has 0 N–H and O–H groups in total. The third kappa shape index (κ3) is 2.67. The summed E-state index contributed by atoms with van der Waals surface area (Å²) in [5, 5.41) is 0. The van der Waals surface area contributed by atoms with E-state index in [1.54, 1.807) is 30.3 Å². The van der Waals surface area contributed by atoms with Gasteiger partial charge in [-0.05, 0) is 24.3 Å². The van der Waals surface area contributed by atoms with Gasteiger partial charge in [-0.3, -0.25) is 0 Å². The van der Waals surface area contributed by atoms with Crippen LogP contribution in [0.3, 0.4) is 0 Å². The third-order valence-electron chi connectivity index (χ3n) is 2.77. The molecule has 21 heavy (non-hydrogen) atoms. The van der Waals surface area contributed by atoms with Crippen molar-refractivity contribution in [2.45, 2.75) is 4.90 Å². The smallest absolute Gasteiger partial charge is 0.341 e. The van der Waals surface area contributed by atoms with Crippen molar-refractivity contribution >= 4 is 32.9 Å². The van der Waals surface area contributed by atoms with Gasteiger partial charge in [-0.15, -0.1) is 0 Å². The third-order valence-corrected chi connectivity index (χ3v) is 4.59. The van der Waals surface area contributed by atoms with Crippen LogP contribution in [0, 0.1) is 0 Å². The fourth-order valence-electron chi connectivity index (χ4n) is 1.81. The number of methoxy groups -OCH3 is 1. The minimum Gasteiger partial charge on any atom is -0.497 e. The van der Waals surface area contributed by atoms with Gasteiger partial charge in [0.15, 0.2) is 0 Å². The average molecular weight is 322 g/mol. The Morgan fingerprint density at radius 3 is 2.62 bits per heavy atom. The van der Waals surface area contributed by atoms with E-state index in [0.29, 0.717) is 16.8 Å². The number of hydrogen-bond donors (Lipinski definition) is 0. The molecule has 8 heteroatoms. The summed E-state index contributed by atoms with van der Waals surface area (Å²) in [5.41, 5.74) is 0.834. The molecule has 3 aromatic rings. The van der Waals surface area contributed by atoms with Crippen molar-refractivity contribution in [3.05, 3.63) is 42.5 Å². The molecule has 0 aliphatic rings. The Kier molecular flexibility index (Phi) is 3.48. The van der Waals surface area contributed by atoms with Crippen LogP contribution in [0.5, 0.6) is 11.5 Å². The largest absolute Gasteiger partial charge is 0.497 e. The van der Waals surface area contributed by atoms with Crippen LogP contribution < -0.4 is 8.92 Å². The van der Waals surface area contributed by atoms with Crippen LogP contribution in [-0.4, -0.2) is 24.3 Å². The molecule has 0 amide bonds. The average Bonchev–Trinajstić information content (AvgIpc) is 2.95. The van der Waals surface area contributed by atoms with Crippen molar-refractivity contribution in [3.63, 3.8) is 0 Å². The quantitative estimate of drug-likeness (QED) is 0.687. The van der Waals surface area contributed by atoms with E-state index < -0.39 is 10.1 Å². The molecular weight excluding hydrogens is 312 g/mol. The molecule has 3 rings (SSSR count). The normalized spacial score (nSPS) is 11.5. The van der Waals surface area contributed by atoms with E-state index >= 15 is 0 Å². The molecule has 0 unspecified atom stereocenters. The monoisotopic (exact) mass is 322 g/mol. The molecule has 2 aromatic carbocycles. The van der Waals surface area contributed by atoms with Crippen molar-refractivity contribution < 1.29 is 17.3 Å². The predicted octanol–water partition coefficient (Wildman–Crippen LogP) is 2.47. The Morgan fingerprint density at radius 2 is 1.81 bits per heavy atom. The summed E-state index contributed by atoms with van der Waals surface area (Å²) < 4.78 is 43.0. The Labute approximate surface area is 125 Å². The molecule has 0 aliphatic carbocycles. The number of hydrogen-bond acceptors (Lipinski definition) is 7. The van der Waals surface area contributed by atoms with Gasteiger partial charge in [-0.25, -0.2) is 0 Å². The second-order valence-corrected chi connectivity index (χ2v) is 6.15. The Bertz CT molecular complexity index is 890. The lowest BCUT2D eigenvalue weighted by Gasteiger charge is -2.08. The van der Waals surface area contributed by atoms with Gasteiger partial charge in [0, 0.05) is 6.07 Å². The van der Waals surface area contributed by atoms with Gasteiger partial charge < -0.3 is 8.92 Å². The van der Waals surface area contributed by atoms with Gasteiger partial charge in [0.05, 0.1) is 18.8 Å². The van der Waals surface area contributed by atoms with Gasteiger partial charge in [0.25, 0.3) is 0 Å². The highest BCUT2D eigenvalue weighted by Crippen LogP contribution is 2.26. The number of nitrogens with zero attached hydrogens (tertiary/aromatic N) is 2. The summed E-state index contributed by atoms with van der Waals surface area (Å²) in [6, 6.07) is 11.1. The molecule has 1 aromatic heterocycles. The van der Waals surface area contributed by atoms with E-state index in [4.69, 9.17) is 8.92 Å². The second-order valence-electron chi connectivity index (χ2n) is 4.10. The highest BCUT2D eigenvalue weighted by atomic mass is 32.2. The lowest BCUT2D eigenvalue weighted by Crippen LogP contribution is -2.10. The fourth-order valence-corrected chi connectivity index (χ4v) is 3.49. The van der Waals surface area contributed by atoms with Crippen molar-refractivity contribution in [2.24, 2.45) is 0 Å². The van der Waals surface area contributed by atoms with E-state index in [1.807, 2.05) is 0 Å². The van der Waals surface area contributed by atoms with Crippen LogP contribution in [0.2, 0.25) is 0 Å². The van der Waals surface area contributed by atoms with E-state index in [2.05, 4.69) is 8.75 Å². The van der Waals surface area contributed by atoms with Gasteiger partial charge in [0.1, 0.15) is 27.4 Å². The zero-order valence-corrected chi connectivity index (χ0v) is 12.5. The number of benzene rings is 2. The highest BCUT2D eigenvalue weighted by Gasteiger charge is 2.22. The lowest BCUT2D eigenvalue weighted by molar-refractivity contribution is 0.411. The van der Waals surface area contributed by atoms with Gasteiger partial charge >= 0.3 is 10.1 Å². The van der Waals surface area contributed by atoms with E-state index in [-0.39, 0.29) is 10.6 Å². The number of fused-ring (bicyclic) bond motifs is 1. The standard InChI is InChI=1S/C13H10N2O4S2/c1-18-9-4-2-5-10(8-9)19-21(16,17)12-7-3-6-11-13(12)15-20-14-11/h2-8H,1H3. The van der Waals surface area contributed by atoms with Crippen LogP contribution in [0.1, 0.15) is 0 Å². The summed E-state index contributed by atoms with van der Waals surface area (Å²) in [6.45, 7) is 0. The van der Waals surface area contributed by atoms with Crippen LogP contribution in [0.15, 0.2) is 47.4 Å². The maximum absolute atomic E-state index is 12.4. The fraction of sp³-hybridized carbons (Fsp3) is 0.0769. The molecule has 1 heterocycles. The van der Waals surface area contributed by atoms with E-state index in [9.17, 15) is 8.42 Å². The van der Waals surface area contributed by atoms with Crippen LogP contribution >= 0.6 is 11.7 Å². The summed E-state index contributed by atoms with van der Waals surface area (Å²) in [7, 11) is -2.49. The summed E-state index contributed by atoms with van der Waals surface area (Å²) in [6.07, 6.45) is 0. The lowest BCUT2D eigenvalue weighted by atomic mass is 10.3. The van der Waals surface area contributed by atoms with Crippen LogP contribution in [0.4, 0.5) is 0 Å². The maximum Gasteiger partial charge on any atom is 0.341 e. The minimum atomic E-state index is -3.99. The zero-order chi connectivity index (χ0) is 14.9. The van der Waals surface area contributed by atoms with Crippen molar-refractivity contribution in [1.82, 2.24) is 8.75 Å². The molecule has 0 bridgehead atoms. The molecule has 0 saturated heterocycles. The number of ether oxygens (including phenoxy) is 1. The number of rotatable bonds is 4. The number of aromatic nitrogens is 2. The Balaban J connectivity index is 2.02. The van der Waals surface area contributed by atoms with Crippen molar-refractivity contribution in [2.75, 3.05) is 7.11 Å². The first kappa shape index (κ1) is 13.8. The van der Waals surface area contributed by atoms with Gasteiger partial charge in [0.2, 0.25) is 0 Å². The molecular formula is C13H10N2O4S2. The molecule has 0 spiro atoms. The SMILES string of the molecule is COc1cccc(OS(=O)(=O)c2cccc3nsnc23)c1. The zero-order valence-electron chi connectivity index (χ0n) is 10.9. The molecule has 0 aliphatic heterocycles. The van der Waals surface area contributed by atoms with Gasteiger partial charge in [-0.1, -0.05) is 12.1 Å². The van der Waals surface area contributed by atoms with Crippen LogP contribution in [0.25, 0.3) is 11.0 Å². The maximum atomic E-state index is 12.4. The second kappa shape index (κ2) is 5.30. The molecule has 108 valence electrons.